The quantitative estimate of drug-likeness (QED) is 0.0905. The Hall–Kier alpha value is -3.27. The first-order chi connectivity index (χ1) is 17.8. The van der Waals surface area contributed by atoms with Crippen LogP contribution in [0, 0.1) is 0 Å². The van der Waals surface area contributed by atoms with E-state index in [1.165, 1.54) is 46.6 Å². The number of anilines is 1. The molecular weight excluding hydrogens is 538 g/mol. The largest absolute Gasteiger partial charge is 0.477 e. The molecule has 2 amide bonds. The van der Waals surface area contributed by atoms with Crippen LogP contribution in [0.25, 0.3) is 0 Å². The van der Waals surface area contributed by atoms with Crippen LogP contribution in [0.1, 0.15) is 11.4 Å². The molecule has 0 aromatic carbocycles. The Morgan fingerprint density at radius 3 is 2.81 bits per heavy atom. The third-order valence-electron chi connectivity index (χ3n) is 5.33. The molecule has 0 bridgehead atoms. The van der Waals surface area contributed by atoms with Gasteiger partial charge in [-0.05, 0) is 24.3 Å². The summed E-state index contributed by atoms with van der Waals surface area (Å²) in [6.45, 7) is 0.544. The molecule has 7 N–H and O–H groups in total. The number of carboxylic acid groups (broad SMARTS) is 1. The summed E-state index contributed by atoms with van der Waals surface area (Å²) in [5.74, 6) is -0.827. The van der Waals surface area contributed by atoms with Crippen molar-refractivity contribution in [1.82, 2.24) is 20.2 Å². The van der Waals surface area contributed by atoms with Crippen molar-refractivity contribution in [1.29, 1.82) is 0 Å². The van der Waals surface area contributed by atoms with Crippen LogP contribution in [0.2, 0.25) is 0 Å². The number of rotatable bonds is 10. The number of thioether (sulfide) groups is 3. The molecule has 37 heavy (non-hydrogen) atoms. The van der Waals surface area contributed by atoms with Gasteiger partial charge >= 0.3 is 5.97 Å². The van der Waals surface area contributed by atoms with Crippen LogP contribution in [0.15, 0.2) is 57.2 Å². The minimum absolute atomic E-state index is 0.0293. The van der Waals surface area contributed by atoms with E-state index in [1.807, 2.05) is 6.07 Å². The molecule has 0 spiro atoms. The number of nitrogen functional groups attached to an aromatic ring is 1. The number of carbonyl (C=O) groups excluding carboxylic acids is 2. The van der Waals surface area contributed by atoms with Gasteiger partial charge in [-0.15, -0.1) is 11.8 Å². The lowest BCUT2D eigenvalue weighted by Crippen LogP contribution is -2.71. The summed E-state index contributed by atoms with van der Waals surface area (Å²) in [6.07, 6.45) is 1.68. The van der Waals surface area contributed by atoms with Crippen molar-refractivity contribution in [2.45, 2.75) is 22.1 Å². The first-order valence-electron chi connectivity index (χ1n) is 10.9. The molecule has 0 radical (unpaired) electrons. The summed E-state index contributed by atoms with van der Waals surface area (Å²) in [5.41, 5.74) is 11.5. The van der Waals surface area contributed by atoms with Gasteiger partial charge in [-0.25, -0.2) is 9.78 Å². The smallest absolute Gasteiger partial charge is 0.353 e. The SMILES string of the molecule is NCCSCc1ncccc1SC1=C(C(=O)O)N2C(=O)[C@@H](NC(=O)/C(=N/O)c3cccc(N)n3)C2SC1. The fourth-order valence-corrected chi connectivity index (χ4v) is 7.08. The van der Waals surface area contributed by atoms with Gasteiger partial charge in [0.1, 0.15) is 28.6 Å². The highest BCUT2D eigenvalue weighted by molar-refractivity contribution is 8.06. The highest BCUT2D eigenvalue weighted by Crippen LogP contribution is 2.45. The van der Waals surface area contributed by atoms with Gasteiger partial charge in [0.05, 0.1) is 5.69 Å². The number of nitrogens with two attached hydrogens (primary N) is 2. The van der Waals surface area contributed by atoms with E-state index in [1.54, 1.807) is 24.0 Å². The molecular formula is C22H23N7O5S3. The average Bonchev–Trinajstić information content (AvgIpc) is 2.88. The van der Waals surface area contributed by atoms with Crippen molar-refractivity contribution in [3.63, 3.8) is 0 Å². The Morgan fingerprint density at radius 1 is 1.30 bits per heavy atom. The molecule has 1 fully saturated rings. The first-order valence-corrected chi connectivity index (χ1v) is 13.9. The first kappa shape index (κ1) is 26.8. The molecule has 2 aliphatic rings. The zero-order valence-corrected chi connectivity index (χ0v) is 21.7. The number of oxime groups is 1. The average molecular weight is 562 g/mol. The number of nitrogens with zero attached hydrogens (tertiary/aromatic N) is 4. The zero-order valence-electron chi connectivity index (χ0n) is 19.2. The van der Waals surface area contributed by atoms with E-state index >= 15 is 0 Å². The Balaban J connectivity index is 1.52. The normalized spacial score (nSPS) is 19.3. The summed E-state index contributed by atoms with van der Waals surface area (Å²) < 4.78 is 0. The van der Waals surface area contributed by atoms with Crippen molar-refractivity contribution in [3.8, 4) is 0 Å². The number of aliphatic carboxylic acids is 1. The van der Waals surface area contributed by atoms with Crippen molar-refractivity contribution >= 4 is 64.6 Å². The van der Waals surface area contributed by atoms with Crippen LogP contribution in [-0.2, 0) is 20.1 Å². The van der Waals surface area contributed by atoms with E-state index in [4.69, 9.17) is 11.5 Å². The van der Waals surface area contributed by atoms with E-state index < -0.39 is 34.9 Å². The molecule has 0 aliphatic carbocycles. The molecule has 2 aromatic heterocycles. The standard InChI is InChI=1S/C22H23N7O5S3/c23-6-8-35-9-12-13(4-2-7-25-12)37-14-10-36-21-17(20(31)29(21)18(14)22(32)33)27-19(30)16(28-34)11-3-1-5-15(24)26-11/h1-5,7,17,21,34H,6,8-10,23H2,(H2,24,26)(H,27,30)(H,32,33)/b28-16+/t17-,21?/m1/s1. The maximum atomic E-state index is 13.0. The van der Waals surface area contributed by atoms with Gasteiger partial charge < -0.3 is 27.1 Å². The number of nitrogens with one attached hydrogen (secondary N) is 1. The fraction of sp³-hybridized carbons (Fsp3) is 0.273. The molecule has 12 nitrogen and oxygen atoms in total. The number of fused-ring (bicyclic) bond motifs is 1. The second-order valence-corrected chi connectivity index (χ2v) is 11.1. The van der Waals surface area contributed by atoms with Crippen molar-refractivity contribution in [3.05, 3.63) is 58.5 Å². The minimum Gasteiger partial charge on any atom is -0.477 e. The van der Waals surface area contributed by atoms with E-state index in [9.17, 15) is 24.7 Å². The predicted molar refractivity (Wildman–Crippen MR) is 142 cm³/mol. The van der Waals surface area contributed by atoms with Gasteiger partial charge in [-0.2, -0.15) is 11.8 Å². The number of aromatic nitrogens is 2. The molecule has 0 saturated carbocycles. The van der Waals surface area contributed by atoms with Crippen LogP contribution in [-0.4, -0.2) is 78.1 Å². The monoisotopic (exact) mass is 561 g/mol. The van der Waals surface area contributed by atoms with Gasteiger partial charge in [0.2, 0.25) is 0 Å². The number of hydrogen-bond donors (Lipinski definition) is 5. The Bertz CT molecular complexity index is 1290. The maximum Gasteiger partial charge on any atom is 0.353 e. The molecule has 4 rings (SSSR count). The Morgan fingerprint density at radius 2 is 2.11 bits per heavy atom. The molecule has 4 heterocycles. The molecule has 2 atom stereocenters. The van der Waals surface area contributed by atoms with Crippen LogP contribution >= 0.6 is 35.3 Å². The Kier molecular flexibility index (Phi) is 8.58. The van der Waals surface area contributed by atoms with E-state index in [-0.39, 0.29) is 17.2 Å². The van der Waals surface area contributed by atoms with Crippen LogP contribution < -0.4 is 16.8 Å². The van der Waals surface area contributed by atoms with Gasteiger partial charge in [0, 0.05) is 39.8 Å². The van der Waals surface area contributed by atoms with E-state index in [0.717, 1.165) is 16.3 Å². The number of amides is 2. The number of carboxylic acids is 1. The zero-order chi connectivity index (χ0) is 26.5. The second-order valence-electron chi connectivity index (χ2n) is 7.73. The molecule has 2 aliphatic heterocycles. The Labute approximate surface area is 224 Å². The third kappa shape index (κ3) is 5.69. The maximum absolute atomic E-state index is 13.0. The van der Waals surface area contributed by atoms with Crippen molar-refractivity contribution in [2.75, 3.05) is 23.8 Å². The predicted octanol–water partition coefficient (Wildman–Crippen LogP) is 0.917. The highest BCUT2D eigenvalue weighted by atomic mass is 32.2. The molecule has 2 aromatic rings. The van der Waals surface area contributed by atoms with Crippen LogP contribution in [0.4, 0.5) is 5.82 Å². The lowest BCUT2D eigenvalue weighted by atomic mass is 10.0. The summed E-state index contributed by atoms with van der Waals surface area (Å²) >= 11 is 4.22. The second kappa shape index (κ2) is 11.9. The van der Waals surface area contributed by atoms with Crippen molar-refractivity contribution < 1.29 is 24.7 Å². The molecule has 194 valence electrons. The van der Waals surface area contributed by atoms with Crippen molar-refractivity contribution in [2.24, 2.45) is 10.9 Å². The molecule has 1 unspecified atom stereocenters. The van der Waals surface area contributed by atoms with Gasteiger partial charge in [-0.3, -0.25) is 19.5 Å². The lowest BCUT2D eigenvalue weighted by Gasteiger charge is -2.49. The summed E-state index contributed by atoms with van der Waals surface area (Å²) in [5, 5.41) is 24.2. The third-order valence-corrected chi connectivity index (χ3v) is 8.97. The number of carbonyl (C=O) groups is 3. The van der Waals surface area contributed by atoms with Gasteiger partial charge in [0.25, 0.3) is 11.8 Å². The minimum atomic E-state index is -1.24. The van der Waals surface area contributed by atoms with Crippen LogP contribution in [0.5, 0.6) is 0 Å². The fourth-order valence-electron chi connectivity index (χ4n) is 3.68. The van der Waals surface area contributed by atoms with E-state index in [2.05, 4.69) is 20.4 Å². The molecule has 15 heteroatoms. The molecule has 1 saturated heterocycles. The topological polar surface area (TPSA) is 197 Å². The van der Waals surface area contributed by atoms with Gasteiger partial charge in [-0.1, -0.05) is 23.0 Å². The number of pyridine rings is 2. The summed E-state index contributed by atoms with van der Waals surface area (Å²) in [7, 11) is 0. The van der Waals surface area contributed by atoms with Gasteiger partial charge in [0.15, 0.2) is 5.71 Å². The number of hydrogen-bond acceptors (Lipinski definition) is 12. The highest BCUT2D eigenvalue weighted by Gasteiger charge is 2.54. The van der Waals surface area contributed by atoms with Crippen LogP contribution in [0.3, 0.4) is 0 Å². The number of β-lactam (4-membered cyclic amide) rings is 1. The van der Waals surface area contributed by atoms with E-state index in [0.29, 0.717) is 23.0 Å². The lowest BCUT2D eigenvalue weighted by molar-refractivity contribution is -0.150. The summed E-state index contributed by atoms with van der Waals surface area (Å²) in [4.78, 5) is 48.9. The summed E-state index contributed by atoms with van der Waals surface area (Å²) in [6, 6.07) is 7.11.